The molecule has 1 unspecified atom stereocenters. The minimum Gasteiger partial charge on any atom is -0.492 e. The standard InChI is InChI=1S/C15H19NO3/c1-17-14-11-4-7-18-13(11)12(9-2-5-16-8-9)10-3-6-19-15(10)14/h9,16H,2-8H2,1H3. The van der Waals surface area contributed by atoms with Gasteiger partial charge in [-0.2, -0.15) is 0 Å². The van der Waals surface area contributed by atoms with Crippen LogP contribution in [-0.2, 0) is 12.8 Å². The Morgan fingerprint density at radius 2 is 1.89 bits per heavy atom. The quantitative estimate of drug-likeness (QED) is 0.878. The fraction of sp³-hybridized carbons (Fsp3) is 0.600. The van der Waals surface area contributed by atoms with Crippen molar-refractivity contribution in [1.82, 2.24) is 5.32 Å². The molecular weight excluding hydrogens is 242 g/mol. The molecule has 0 aliphatic carbocycles. The summed E-state index contributed by atoms with van der Waals surface area (Å²) < 4.78 is 17.4. The van der Waals surface area contributed by atoms with Crippen molar-refractivity contribution in [2.75, 3.05) is 33.4 Å². The van der Waals surface area contributed by atoms with Gasteiger partial charge < -0.3 is 19.5 Å². The Bertz CT molecular complexity index is 486. The van der Waals surface area contributed by atoms with E-state index < -0.39 is 0 Å². The van der Waals surface area contributed by atoms with Gasteiger partial charge in [0.05, 0.1) is 20.3 Å². The molecule has 4 rings (SSSR count). The molecule has 1 saturated heterocycles. The van der Waals surface area contributed by atoms with E-state index >= 15 is 0 Å². The summed E-state index contributed by atoms with van der Waals surface area (Å²) in [5, 5.41) is 3.45. The third-order valence-corrected chi connectivity index (χ3v) is 4.47. The van der Waals surface area contributed by atoms with Gasteiger partial charge in [0.2, 0.25) is 0 Å². The van der Waals surface area contributed by atoms with Crippen molar-refractivity contribution in [3.05, 3.63) is 16.7 Å². The van der Waals surface area contributed by atoms with Crippen LogP contribution in [0.4, 0.5) is 0 Å². The Morgan fingerprint density at radius 1 is 1.11 bits per heavy atom. The first-order valence-electron chi connectivity index (χ1n) is 7.12. The van der Waals surface area contributed by atoms with Crippen molar-refractivity contribution < 1.29 is 14.2 Å². The van der Waals surface area contributed by atoms with Crippen LogP contribution in [0.25, 0.3) is 0 Å². The van der Waals surface area contributed by atoms with Crippen LogP contribution in [0.3, 0.4) is 0 Å². The van der Waals surface area contributed by atoms with Gasteiger partial charge in [0.15, 0.2) is 11.5 Å². The maximum atomic E-state index is 5.95. The first-order valence-corrected chi connectivity index (χ1v) is 7.12. The van der Waals surface area contributed by atoms with Crippen molar-refractivity contribution in [3.8, 4) is 17.2 Å². The second-order valence-electron chi connectivity index (χ2n) is 5.45. The van der Waals surface area contributed by atoms with Crippen LogP contribution in [0.1, 0.15) is 29.0 Å². The molecule has 1 aromatic carbocycles. The topological polar surface area (TPSA) is 39.7 Å². The minimum atomic E-state index is 0.563. The van der Waals surface area contributed by atoms with Gasteiger partial charge in [0, 0.05) is 42.0 Å². The summed E-state index contributed by atoms with van der Waals surface area (Å²) in [5.74, 6) is 3.55. The average molecular weight is 261 g/mol. The molecule has 0 amide bonds. The molecule has 1 aromatic rings. The Balaban J connectivity index is 1.94. The first kappa shape index (κ1) is 11.4. The molecule has 0 radical (unpaired) electrons. The van der Waals surface area contributed by atoms with E-state index in [9.17, 15) is 0 Å². The lowest BCUT2D eigenvalue weighted by molar-refractivity contribution is 0.324. The van der Waals surface area contributed by atoms with Crippen LogP contribution in [0.15, 0.2) is 0 Å². The molecular formula is C15H19NO3. The molecule has 4 nitrogen and oxygen atoms in total. The molecule has 3 aliphatic rings. The van der Waals surface area contributed by atoms with Crippen LogP contribution in [0.5, 0.6) is 17.2 Å². The Morgan fingerprint density at radius 3 is 2.63 bits per heavy atom. The van der Waals surface area contributed by atoms with Crippen LogP contribution < -0.4 is 19.5 Å². The SMILES string of the molecule is COc1c2c(c(C3CCNC3)c3c1OCC3)OCC2. The largest absolute Gasteiger partial charge is 0.492 e. The summed E-state index contributed by atoms with van der Waals surface area (Å²) in [6.07, 6.45) is 3.10. The summed E-state index contributed by atoms with van der Waals surface area (Å²) in [4.78, 5) is 0. The molecule has 102 valence electrons. The van der Waals surface area contributed by atoms with E-state index in [1.54, 1.807) is 7.11 Å². The molecule has 0 saturated carbocycles. The smallest absolute Gasteiger partial charge is 0.168 e. The molecule has 0 aromatic heterocycles. The second-order valence-corrected chi connectivity index (χ2v) is 5.45. The molecule has 19 heavy (non-hydrogen) atoms. The minimum absolute atomic E-state index is 0.563. The monoisotopic (exact) mass is 261 g/mol. The predicted octanol–water partition coefficient (Wildman–Crippen LogP) is 1.64. The van der Waals surface area contributed by atoms with E-state index in [2.05, 4.69) is 5.32 Å². The molecule has 1 fully saturated rings. The van der Waals surface area contributed by atoms with Crippen LogP contribution in [-0.4, -0.2) is 33.4 Å². The number of methoxy groups -OCH3 is 1. The number of hydrogen-bond acceptors (Lipinski definition) is 4. The maximum Gasteiger partial charge on any atom is 0.168 e. The highest BCUT2D eigenvalue weighted by molar-refractivity contribution is 5.66. The lowest BCUT2D eigenvalue weighted by atomic mass is 9.88. The number of benzene rings is 1. The van der Waals surface area contributed by atoms with Crippen molar-refractivity contribution in [3.63, 3.8) is 0 Å². The van der Waals surface area contributed by atoms with Crippen LogP contribution >= 0.6 is 0 Å². The van der Waals surface area contributed by atoms with Crippen molar-refractivity contribution in [2.24, 2.45) is 0 Å². The van der Waals surface area contributed by atoms with Crippen LogP contribution in [0.2, 0.25) is 0 Å². The third kappa shape index (κ3) is 1.56. The number of nitrogens with one attached hydrogen (secondary N) is 1. The normalized spacial score (nSPS) is 23.7. The van der Waals surface area contributed by atoms with Gasteiger partial charge in [0.25, 0.3) is 0 Å². The molecule has 0 bridgehead atoms. The highest BCUT2D eigenvalue weighted by Gasteiger charge is 2.35. The fourth-order valence-electron chi connectivity index (χ4n) is 3.65. The molecule has 0 spiro atoms. The highest BCUT2D eigenvalue weighted by atomic mass is 16.5. The molecule has 3 aliphatic heterocycles. The molecule has 4 heteroatoms. The van der Waals surface area contributed by atoms with Gasteiger partial charge in [-0.15, -0.1) is 0 Å². The third-order valence-electron chi connectivity index (χ3n) is 4.47. The van der Waals surface area contributed by atoms with Crippen molar-refractivity contribution in [2.45, 2.75) is 25.2 Å². The summed E-state index contributed by atoms with van der Waals surface area (Å²) in [7, 11) is 1.73. The molecule has 3 heterocycles. The fourth-order valence-corrected chi connectivity index (χ4v) is 3.65. The van der Waals surface area contributed by atoms with Gasteiger partial charge >= 0.3 is 0 Å². The Kier molecular flexibility index (Phi) is 2.58. The highest BCUT2D eigenvalue weighted by Crippen LogP contribution is 2.51. The molecule has 1 atom stereocenters. The zero-order valence-corrected chi connectivity index (χ0v) is 11.3. The lowest BCUT2D eigenvalue weighted by Gasteiger charge is -2.20. The van der Waals surface area contributed by atoms with Crippen LogP contribution in [0, 0.1) is 0 Å². The Labute approximate surface area is 113 Å². The zero-order chi connectivity index (χ0) is 12.8. The van der Waals surface area contributed by atoms with Gasteiger partial charge in [-0.3, -0.25) is 0 Å². The number of fused-ring (bicyclic) bond motifs is 2. The van der Waals surface area contributed by atoms with E-state index in [1.165, 1.54) is 23.1 Å². The predicted molar refractivity (Wildman–Crippen MR) is 71.6 cm³/mol. The summed E-state index contributed by atoms with van der Waals surface area (Å²) >= 11 is 0. The molecule has 1 N–H and O–H groups in total. The average Bonchev–Trinajstić information content (AvgIpc) is 3.15. The van der Waals surface area contributed by atoms with Gasteiger partial charge in [0.1, 0.15) is 5.75 Å². The van der Waals surface area contributed by atoms with E-state index in [-0.39, 0.29) is 0 Å². The second kappa shape index (κ2) is 4.30. The zero-order valence-electron chi connectivity index (χ0n) is 11.3. The Hall–Kier alpha value is -1.42. The number of hydrogen-bond donors (Lipinski definition) is 1. The van der Waals surface area contributed by atoms with Gasteiger partial charge in [-0.05, 0) is 13.0 Å². The van der Waals surface area contributed by atoms with Gasteiger partial charge in [-0.25, -0.2) is 0 Å². The first-order chi connectivity index (χ1) is 9.40. The van der Waals surface area contributed by atoms with Gasteiger partial charge in [-0.1, -0.05) is 0 Å². The van der Waals surface area contributed by atoms with E-state index in [0.717, 1.165) is 56.4 Å². The summed E-state index contributed by atoms with van der Waals surface area (Å²) in [5.41, 5.74) is 3.93. The summed E-state index contributed by atoms with van der Waals surface area (Å²) in [6.45, 7) is 3.68. The van der Waals surface area contributed by atoms with Crippen molar-refractivity contribution >= 4 is 0 Å². The number of ether oxygens (including phenoxy) is 3. The lowest BCUT2D eigenvalue weighted by Crippen LogP contribution is -2.10. The van der Waals surface area contributed by atoms with E-state index in [4.69, 9.17) is 14.2 Å². The van der Waals surface area contributed by atoms with E-state index in [0.29, 0.717) is 5.92 Å². The van der Waals surface area contributed by atoms with Crippen molar-refractivity contribution in [1.29, 1.82) is 0 Å². The summed E-state index contributed by atoms with van der Waals surface area (Å²) in [6, 6.07) is 0. The maximum absolute atomic E-state index is 5.95. The number of rotatable bonds is 2. The van der Waals surface area contributed by atoms with E-state index in [1.807, 2.05) is 0 Å².